The van der Waals surface area contributed by atoms with Gasteiger partial charge in [-0.1, -0.05) is 23.7 Å². The van der Waals surface area contributed by atoms with Crippen molar-refractivity contribution in [3.05, 3.63) is 52.3 Å². The lowest BCUT2D eigenvalue weighted by atomic mass is 10.2. The van der Waals surface area contributed by atoms with E-state index in [0.29, 0.717) is 5.69 Å². The monoisotopic (exact) mass is 307 g/mol. The van der Waals surface area contributed by atoms with Gasteiger partial charge in [0.15, 0.2) is 0 Å². The zero-order valence-corrected chi connectivity index (χ0v) is 12.3. The van der Waals surface area contributed by atoms with Gasteiger partial charge in [0, 0.05) is 6.07 Å². The second-order valence-electron chi connectivity index (χ2n) is 4.35. The number of pyridine rings is 1. The Morgan fingerprint density at radius 1 is 1.33 bits per heavy atom. The fourth-order valence-corrected chi connectivity index (χ4v) is 2.09. The summed E-state index contributed by atoms with van der Waals surface area (Å²) in [6.45, 7) is 1.81. The summed E-state index contributed by atoms with van der Waals surface area (Å²) in [5.74, 6) is -0.148. The van der Waals surface area contributed by atoms with Gasteiger partial charge >= 0.3 is 5.97 Å². The van der Waals surface area contributed by atoms with E-state index in [-0.39, 0.29) is 23.1 Å². The van der Waals surface area contributed by atoms with Gasteiger partial charge in [0.2, 0.25) is 0 Å². The Morgan fingerprint density at radius 3 is 2.57 bits per heavy atom. The van der Waals surface area contributed by atoms with Crippen molar-refractivity contribution in [1.29, 1.82) is 0 Å². The molecule has 110 valence electrons. The van der Waals surface area contributed by atoms with E-state index in [0.717, 1.165) is 11.3 Å². The molecule has 0 radical (unpaired) electrons. The molecule has 1 aromatic carbocycles. The Balaban J connectivity index is 2.20. The van der Waals surface area contributed by atoms with E-state index in [1.807, 2.05) is 24.3 Å². The molecular weight excluding hydrogens is 294 g/mol. The molecule has 2 aromatic rings. The number of benzene rings is 1. The zero-order chi connectivity index (χ0) is 15.4. The van der Waals surface area contributed by atoms with E-state index >= 15 is 0 Å². The molecular formula is C15H14ClNO4. The molecule has 0 saturated heterocycles. The van der Waals surface area contributed by atoms with E-state index in [1.54, 1.807) is 14.0 Å². The van der Waals surface area contributed by atoms with Gasteiger partial charge in [0.05, 0.1) is 12.8 Å². The highest BCUT2D eigenvalue weighted by atomic mass is 35.5. The molecule has 5 nitrogen and oxygen atoms in total. The molecule has 0 amide bonds. The minimum atomic E-state index is -1.10. The van der Waals surface area contributed by atoms with Gasteiger partial charge in [-0.3, -0.25) is 0 Å². The maximum Gasteiger partial charge on any atom is 0.341 e. The molecule has 0 atom stereocenters. The van der Waals surface area contributed by atoms with Gasteiger partial charge in [-0.15, -0.1) is 0 Å². The van der Waals surface area contributed by atoms with Gasteiger partial charge in [-0.2, -0.15) is 0 Å². The Hall–Kier alpha value is -2.27. The molecule has 1 aromatic heterocycles. The van der Waals surface area contributed by atoms with Crippen LogP contribution >= 0.6 is 11.6 Å². The highest BCUT2D eigenvalue weighted by Crippen LogP contribution is 2.25. The third-order valence-corrected chi connectivity index (χ3v) is 3.09. The third kappa shape index (κ3) is 3.64. The van der Waals surface area contributed by atoms with Crippen molar-refractivity contribution >= 4 is 17.6 Å². The summed E-state index contributed by atoms with van der Waals surface area (Å²) in [7, 11) is 1.59. The van der Waals surface area contributed by atoms with E-state index < -0.39 is 5.97 Å². The molecule has 0 aliphatic rings. The minimum Gasteiger partial charge on any atom is -0.497 e. The maximum atomic E-state index is 11.3. The average molecular weight is 308 g/mol. The fraction of sp³-hybridized carbons (Fsp3) is 0.200. The molecule has 0 aliphatic carbocycles. The number of carboxylic acids is 1. The van der Waals surface area contributed by atoms with Crippen molar-refractivity contribution in [3.63, 3.8) is 0 Å². The SMILES string of the molecule is COc1ccc(COc2cc(Cl)nc(C)c2C(=O)O)cc1. The number of nitrogens with zero attached hydrogens (tertiary/aromatic N) is 1. The number of carboxylic acid groups (broad SMARTS) is 1. The van der Waals surface area contributed by atoms with E-state index in [1.165, 1.54) is 6.07 Å². The van der Waals surface area contributed by atoms with Gasteiger partial charge in [0.1, 0.15) is 28.8 Å². The number of aryl methyl sites for hydroxylation is 1. The van der Waals surface area contributed by atoms with E-state index in [9.17, 15) is 9.90 Å². The molecule has 21 heavy (non-hydrogen) atoms. The molecule has 0 saturated carbocycles. The van der Waals surface area contributed by atoms with Crippen molar-refractivity contribution in [1.82, 2.24) is 4.98 Å². The van der Waals surface area contributed by atoms with Gasteiger partial charge in [0.25, 0.3) is 0 Å². The van der Waals surface area contributed by atoms with Crippen LogP contribution in [0.5, 0.6) is 11.5 Å². The van der Waals surface area contributed by atoms with Crippen LogP contribution in [0.25, 0.3) is 0 Å². The fourth-order valence-electron chi connectivity index (χ4n) is 1.86. The number of hydrogen-bond donors (Lipinski definition) is 1. The third-order valence-electron chi connectivity index (χ3n) is 2.90. The first kappa shape index (κ1) is 15.1. The van der Waals surface area contributed by atoms with E-state index in [2.05, 4.69) is 4.98 Å². The first-order valence-electron chi connectivity index (χ1n) is 6.17. The number of aromatic carboxylic acids is 1. The van der Waals surface area contributed by atoms with Crippen molar-refractivity contribution in [2.45, 2.75) is 13.5 Å². The predicted molar refractivity (Wildman–Crippen MR) is 78.3 cm³/mol. The highest BCUT2D eigenvalue weighted by molar-refractivity contribution is 6.29. The summed E-state index contributed by atoms with van der Waals surface area (Å²) in [4.78, 5) is 15.2. The number of rotatable bonds is 5. The maximum absolute atomic E-state index is 11.3. The van der Waals surface area contributed by atoms with Crippen LogP contribution in [0.1, 0.15) is 21.6 Å². The second-order valence-corrected chi connectivity index (χ2v) is 4.73. The molecule has 2 rings (SSSR count). The Morgan fingerprint density at radius 2 is 2.00 bits per heavy atom. The van der Waals surface area contributed by atoms with Crippen LogP contribution < -0.4 is 9.47 Å². The number of ether oxygens (including phenoxy) is 2. The molecule has 0 bridgehead atoms. The van der Waals surface area contributed by atoms with Crippen LogP contribution in [0.15, 0.2) is 30.3 Å². The molecule has 6 heteroatoms. The van der Waals surface area contributed by atoms with Crippen LogP contribution in [-0.4, -0.2) is 23.2 Å². The van der Waals surface area contributed by atoms with Gasteiger partial charge in [-0.05, 0) is 24.6 Å². The Labute approximate surface area is 127 Å². The summed E-state index contributed by atoms with van der Waals surface area (Å²) in [5, 5.41) is 9.42. The van der Waals surface area contributed by atoms with Crippen molar-refractivity contribution < 1.29 is 19.4 Å². The number of carbonyl (C=O) groups is 1. The van der Waals surface area contributed by atoms with E-state index in [4.69, 9.17) is 21.1 Å². The summed E-state index contributed by atoms with van der Waals surface area (Å²) in [5.41, 5.74) is 1.23. The number of hydrogen-bond acceptors (Lipinski definition) is 4. The molecule has 0 aliphatic heterocycles. The quantitative estimate of drug-likeness (QED) is 0.858. The number of methoxy groups -OCH3 is 1. The van der Waals surface area contributed by atoms with Crippen LogP contribution in [0.2, 0.25) is 5.15 Å². The largest absolute Gasteiger partial charge is 0.497 e. The van der Waals surface area contributed by atoms with Crippen LogP contribution in [0, 0.1) is 6.92 Å². The minimum absolute atomic E-state index is 0.0212. The average Bonchev–Trinajstić information content (AvgIpc) is 2.44. The smallest absolute Gasteiger partial charge is 0.341 e. The first-order valence-corrected chi connectivity index (χ1v) is 6.55. The lowest BCUT2D eigenvalue weighted by Gasteiger charge is -2.11. The lowest BCUT2D eigenvalue weighted by molar-refractivity contribution is 0.0690. The summed E-state index contributed by atoms with van der Waals surface area (Å²) < 4.78 is 10.6. The Bertz CT molecular complexity index is 655. The normalized spacial score (nSPS) is 10.2. The molecule has 0 spiro atoms. The van der Waals surface area contributed by atoms with Crippen LogP contribution in [0.3, 0.4) is 0 Å². The van der Waals surface area contributed by atoms with Gasteiger partial charge in [-0.25, -0.2) is 9.78 Å². The molecule has 1 heterocycles. The summed E-state index contributed by atoms with van der Waals surface area (Å²) in [6.07, 6.45) is 0. The van der Waals surface area contributed by atoms with Crippen molar-refractivity contribution in [2.24, 2.45) is 0 Å². The highest BCUT2D eigenvalue weighted by Gasteiger charge is 2.17. The molecule has 0 fully saturated rings. The number of halogens is 1. The van der Waals surface area contributed by atoms with Crippen LogP contribution in [0.4, 0.5) is 0 Å². The summed E-state index contributed by atoms with van der Waals surface area (Å²) >= 11 is 5.85. The standard InChI is InChI=1S/C15H14ClNO4/c1-9-14(15(18)19)12(7-13(16)17-9)21-8-10-3-5-11(20-2)6-4-10/h3-7H,8H2,1-2H3,(H,18,19). The summed E-state index contributed by atoms with van der Waals surface area (Å²) in [6, 6.07) is 8.70. The molecule has 0 unspecified atom stereocenters. The lowest BCUT2D eigenvalue weighted by Crippen LogP contribution is -2.07. The molecule has 1 N–H and O–H groups in total. The Kier molecular flexibility index (Phi) is 4.65. The predicted octanol–water partition coefficient (Wildman–Crippen LogP) is 3.33. The second kappa shape index (κ2) is 6.45. The van der Waals surface area contributed by atoms with Gasteiger partial charge < -0.3 is 14.6 Å². The van der Waals surface area contributed by atoms with Crippen molar-refractivity contribution in [2.75, 3.05) is 7.11 Å². The van der Waals surface area contributed by atoms with Crippen LogP contribution in [-0.2, 0) is 6.61 Å². The van der Waals surface area contributed by atoms with Crippen molar-refractivity contribution in [3.8, 4) is 11.5 Å². The zero-order valence-electron chi connectivity index (χ0n) is 11.6. The number of aromatic nitrogens is 1. The first-order chi connectivity index (χ1) is 10.0. The topological polar surface area (TPSA) is 68.7 Å².